The molecular weight excluding hydrogens is 284 g/mol. The molecule has 1 aromatic carbocycles. The van der Waals surface area contributed by atoms with E-state index < -0.39 is 0 Å². The molecule has 0 aliphatic carbocycles. The van der Waals surface area contributed by atoms with Crippen molar-refractivity contribution in [2.24, 2.45) is 11.7 Å². The van der Waals surface area contributed by atoms with E-state index in [4.69, 9.17) is 15.2 Å². The summed E-state index contributed by atoms with van der Waals surface area (Å²) in [6.45, 7) is 2.14. The van der Waals surface area contributed by atoms with Crippen molar-refractivity contribution < 1.29 is 19.1 Å². The minimum Gasteiger partial charge on any atom is -0.465 e. The van der Waals surface area contributed by atoms with Gasteiger partial charge < -0.3 is 20.1 Å². The molecule has 0 spiro atoms. The van der Waals surface area contributed by atoms with Gasteiger partial charge in [-0.15, -0.1) is 0 Å². The van der Waals surface area contributed by atoms with E-state index in [2.05, 4.69) is 0 Å². The molecule has 2 aliphatic rings. The van der Waals surface area contributed by atoms with E-state index in [9.17, 15) is 9.59 Å². The van der Waals surface area contributed by atoms with Crippen LogP contribution in [-0.4, -0.2) is 44.8 Å². The Kier molecular flexibility index (Phi) is 4.40. The molecule has 0 radical (unpaired) electrons. The number of cyclic esters (lactones) is 1. The normalized spacial score (nSPS) is 26.0. The number of carbonyl (C=O) groups is 2. The number of nitrogens with zero attached hydrogens (tertiary/aromatic N) is 1. The molecule has 118 valence electrons. The minimum atomic E-state index is -0.267. The second-order valence-corrected chi connectivity index (χ2v) is 5.71. The average Bonchev–Trinajstić information content (AvgIpc) is 2.56. The van der Waals surface area contributed by atoms with Crippen LogP contribution < -0.4 is 10.6 Å². The van der Waals surface area contributed by atoms with E-state index in [-0.39, 0.29) is 30.3 Å². The van der Waals surface area contributed by atoms with Crippen LogP contribution in [0, 0.1) is 5.92 Å². The molecule has 0 aromatic heterocycles. The summed E-state index contributed by atoms with van der Waals surface area (Å²) in [5, 5.41) is 0. The number of nitrogens with two attached hydrogens (primary N) is 1. The molecule has 2 aliphatic heterocycles. The fraction of sp³-hybridized carbons (Fsp3) is 0.500. The lowest BCUT2D eigenvalue weighted by atomic mass is 9.87. The first-order valence-corrected chi connectivity index (χ1v) is 7.54. The van der Waals surface area contributed by atoms with Crippen LogP contribution in [0.4, 0.5) is 5.69 Å². The van der Waals surface area contributed by atoms with E-state index >= 15 is 0 Å². The zero-order chi connectivity index (χ0) is 15.5. The third kappa shape index (κ3) is 2.98. The van der Waals surface area contributed by atoms with Gasteiger partial charge in [-0.05, 0) is 30.7 Å². The fourth-order valence-corrected chi connectivity index (χ4v) is 2.91. The lowest BCUT2D eigenvalue weighted by molar-refractivity contribution is -0.151. The van der Waals surface area contributed by atoms with E-state index in [1.54, 1.807) is 4.90 Å². The van der Waals surface area contributed by atoms with Crippen LogP contribution in [0.25, 0.3) is 0 Å². The summed E-state index contributed by atoms with van der Waals surface area (Å²) in [4.78, 5) is 25.5. The molecule has 2 atom stereocenters. The van der Waals surface area contributed by atoms with Crippen molar-refractivity contribution in [3.8, 4) is 0 Å². The highest BCUT2D eigenvalue weighted by molar-refractivity contribution is 5.94. The Labute approximate surface area is 129 Å². The third-order valence-corrected chi connectivity index (χ3v) is 4.24. The Bertz CT molecular complexity index is 558. The third-order valence-electron chi connectivity index (χ3n) is 4.24. The fourth-order valence-electron chi connectivity index (χ4n) is 2.91. The van der Waals surface area contributed by atoms with Crippen molar-refractivity contribution in [3.05, 3.63) is 29.8 Å². The Hall–Kier alpha value is -1.92. The maximum atomic E-state index is 12.0. The number of carbonyl (C=O) groups excluding carboxylic acids is 2. The van der Waals surface area contributed by atoms with E-state index in [1.807, 2.05) is 24.3 Å². The quantitative estimate of drug-likeness (QED) is 0.829. The molecule has 2 heterocycles. The number of anilines is 1. The van der Waals surface area contributed by atoms with Crippen LogP contribution in [-0.2, 0) is 19.1 Å². The van der Waals surface area contributed by atoms with Crippen LogP contribution in [0.2, 0.25) is 0 Å². The molecule has 1 aromatic rings. The summed E-state index contributed by atoms with van der Waals surface area (Å²) in [5.41, 5.74) is 7.42. The summed E-state index contributed by atoms with van der Waals surface area (Å²) in [7, 11) is 0. The van der Waals surface area contributed by atoms with E-state index in [0.717, 1.165) is 11.3 Å². The largest absolute Gasteiger partial charge is 0.465 e. The molecule has 6 heteroatoms. The lowest BCUT2D eigenvalue weighted by Crippen LogP contribution is -2.41. The van der Waals surface area contributed by atoms with Gasteiger partial charge in [-0.25, -0.2) is 0 Å². The molecule has 1 unspecified atom stereocenters. The van der Waals surface area contributed by atoms with Crippen LogP contribution in [0.15, 0.2) is 24.3 Å². The van der Waals surface area contributed by atoms with Gasteiger partial charge in [0.1, 0.15) is 6.61 Å². The second-order valence-electron chi connectivity index (χ2n) is 5.71. The van der Waals surface area contributed by atoms with Gasteiger partial charge in [0.15, 0.2) is 0 Å². The molecule has 0 saturated carbocycles. The molecule has 22 heavy (non-hydrogen) atoms. The predicted molar refractivity (Wildman–Crippen MR) is 80.5 cm³/mol. The summed E-state index contributed by atoms with van der Waals surface area (Å²) in [6, 6.07) is 7.53. The minimum absolute atomic E-state index is 0.0423. The van der Waals surface area contributed by atoms with Crippen LogP contribution in [0.5, 0.6) is 0 Å². The van der Waals surface area contributed by atoms with Crippen molar-refractivity contribution >= 4 is 17.6 Å². The summed E-state index contributed by atoms with van der Waals surface area (Å²) < 4.78 is 10.3. The number of esters is 1. The molecule has 0 bridgehead atoms. The molecule has 2 saturated heterocycles. The number of ether oxygens (including phenoxy) is 2. The van der Waals surface area contributed by atoms with E-state index in [1.165, 1.54) is 0 Å². The Morgan fingerprint density at radius 3 is 2.68 bits per heavy atom. The maximum absolute atomic E-state index is 12.0. The molecule has 3 rings (SSSR count). The van der Waals surface area contributed by atoms with Crippen LogP contribution >= 0.6 is 0 Å². The van der Waals surface area contributed by atoms with Gasteiger partial charge in [-0.3, -0.25) is 9.59 Å². The molecule has 1 amide bonds. The maximum Gasteiger partial charge on any atom is 0.313 e. The van der Waals surface area contributed by atoms with Crippen molar-refractivity contribution in [2.45, 2.75) is 12.3 Å². The first-order chi connectivity index (χ1) is 10.7. The monoisotopic (exact) mass is 304 g/mol. The predicted octanol–water partition coefficient (Wildman–Crippen LogP) is 0.655. The highest BCUT2D eigenvalue weighted by Crippen LogP contribution is 2.31. The highest BCUT2D eigenvalue weighted by Gasteiger charge is 2.31. The number of hydrogen-bond acceptors (Lipinski definition) is 5. The molecule has 6 nitrogen and oxygen atoms in total. The zero-order valence-electron chi connectivity index (χ0n) is 12.4. The van der Waals surface area contributed by atoms with Gasteiger partial charge in [-0.1, -0.05) is 12.1 Å². The van der Waals surface area contributed by atoms with Gasteiger partial charge in [-0.2, -0.15) is 0 Å². The standard InChI is InChI=1S/C16H20N2O4/c17-8-11-7-14(16(20)22-9-11)12-1-3-13(4-2-12)18-5-6-21-10-15(18)19/h1-4,11,14H,5-10,17H2/t11-,14?/m0/s1. The van der Waals surface area contributed by atoms with Gasteiger partial charge in [0.25, 0.3) is 5.91 Å². The topological polar surface area (TPSA) is 81.9 Å². The number of rotatable bonds is 3. The first-order valence-electron chi connectivity index (χ1n) is 7.54. The van der Waals surface area contributed by atoms with Crippen LogP contribution in [0.3, 0.4) is 0 Å². The van der Waals surface area contributed by atoms with E-state index in [0.29, 0.717) is 32.7 Å². The Morgan fingerprint density at radius 1 is 1.23 bits per heavy atom. The van der Waals surface area contributed by atoms with Crippen molar-refractivity contribution in [3.63, 3.8) is 0 Å². The van der Waals surface area contributed by atoms with Crippen molar-refractivity contribution in [2.75, 3.05) is 37.8 Å². The Balaban J connectivity index is 1.75. The van der Waals surface area contributed by atoms with Gasteiger partial charge in [0, 0.05) is 18.2 Å². The number of amides is 1. The van der Waals surface area contributed by atoms with Gasteiger partial charge in [0.2, 0.25) is 0 Å². The van der Waals surface area contributed by atoms with Crippen molar-refractivity contribution in [1.29, 1.82) is 0 Å². The van der Waals surface area contributed by atoms with Crippen LogP contribution in [0.1, 0.15) is 17.9 Å². The Morgan fingerprint density at radius 2 is 2.00 bits per heavy atom. The smallest absolute Gasteiger partial charge is 0.313 e. The van der Waals surface area contributed by atoms with Crippen molar-refractivity contribution in [1.82, 2.24) is 0 Å². The second kappa shape index (κ2) is 6.46. The summed E-state index contributed by atoms with van der Waals surface area (Å²) in [5.74, 6) is -0.292. The molecular formula is C16H20N2O4. The SMILES string of the molecule is NC[C@H]1COC(=O)C(c2ccc(N3CCOCC3=O)cc2)C1. The summed E-state index contributed by atoms with van der Waals surface area (Å²) >= 11 is 0. The lowest BCUT2D eigenvalue weighted by Gasteiger charge is -2.29. The van der Waals surface area contributed by atoms with Gasteiger partial charge in [0.05, 0.1) is 19.1 Å². The summed E-state index contributed by atoms with van der Waals surface area (Å²) in [6.07, 6.45) is 0.713. The number of hydrogen-bond donors (Lipinski definition) is 1. The molecule has 2 N–H and O–H groups in total. The highest BCUT2D eigenvalue weighted by atomic mass is 16.5. The zero-order valence-corrected chi connectivity index (χ0v) is 12.4. The average molecular weight is 304 g/mol. The first kappa shape index (κ1) is 15.0. The number of morpholine rings is 1. The molecule has 2 fully saturated rings. The van der Waals surface area contributed by atoms with Gasteiger partial charge >= 0.3 is 5.97 Å². The number of benzene rings is 1.